The first-order valence-corrected chi connectivity index (χ1v) is 44.2. The number of hydrogen-bond donors (Lipinski definition) is 12. The summed E-state index contributed by atoms with van der Waals surface area (Å²) in [6.45, 7) is 12.9. The third kappa shape index (κ3) is 41.0. The van der Waals surface area contributed by atoms with Gasteiger partial charge in [-0.15, -0.1) is 11.3 Å². The van der Waals surface area contributed by atoms with Gasteiger partial charge in [0.2, 0.25) is 17.7 Å². The highest BCUT2D eigenvalue weighted by Gasteiger charge is 2.41. The predicted octanol–water partition coefficient (Wildman–Crippen LogP) is 7.16. The molecule has 40 heteroatoms. The number of carbonyl (C=O) groups is 18. The molecule has 13 atom stereocenters. The smallest absolute Gasteiger partial charge is 0.407 e. The zero-order valence-corrected chi connectivity index (χ0v) is 73.5. The minimum Gasteiger partial charge on any atom is -0.508 e. The number of alkyl carbamates (subject to hydrolysis) is 1. The molecule has 1 saturated heterocycles. The van der Waals surface area contributed by atoms with Crippen molar-refractivity contribution >= 4 is 142 Å². The molecule has 1 aromatic heterocycles. The van der Waals surface area contributed by atoms with Crippen LogP contribution >= 0.6 is 34.9 Å². The Labute approximate surface area is 726 Å². The van der Waals surface area contributed by atoms with Gasteiger partial charge in [-0.05, 0) is 113 Å². The maximum atomic E-state index is 14.9. The number of amides is 7. The Morgan fingerprint density at radius 3 is 1.93 bits per heavy atom. The minimum absolute atomic E-state index is 0.00811. The first-order chi connectivity index (χ1) is 58.2. The monoisotopic (exact) mass is 1790 g/mol. The number of carboxylic acid groups (broad SMARTS) is 5. The van der Waals surface area contributed by atoms with E-state index < -0.39 is 201 Å². The van der Waals surface area contributed by atoms with Crippen LogP contribution in [0.5, 0.6) is 5.75 Å². The number of ether oxygens (including phenoxy) is 4. The highest BCUT2D eigenvalue weighted by Crippen LogP contribution is 2.34. The number of carboxylic acids is 5. The maximum Gasteiger partial charge on any atom is 0.407 e. The van der Waals surface area contributed by atoms with Gasteiger partial charge in [0.1, 0.15) is 40.9 Å². The fourth-order valence-corrected chi connectivity index (χ4v) is 15.0. The number of phenols is 1. The summed E-state index contributed by atoms with van der Waals surface area (Å²) in [5.74, 6) is -16.2. The van der Waals surface area contributed by atoms with Crippen LogP contribution in [0.3, 0.4) is 0 Å². The molecule has 2 heterocycles. The van der Waals surface area contributed by atoms with Crippen LogP contribution in [0.15, 0.2) is 60.0 Å². The average molecular weight is 1790 g/mol. The van der Waals surface area contributed by atoms with E-state index >= 15 is 0 Å². The van der Waals surface area contributed by atoms with E-state index in [4.69, 9.17) is 19.3 Å². The van der Waals surface area contributed by atoms with Crippen LogP contribution in [0.2, 0.25) is 0 Å². The van der Waals surface area contributed by atoms with Gasteiger partial charge in [-0.1, -0.05) is 96.8 Å². The Hall–Kier alpha value is -10.6. The van der Waals surface area contributed by atoms with Gasteiger partial charge in [0.15, 0.2) is 36.4 Å². The lowest BCUT2D eigenvalue weighted by molar-refractivity contribution is -0.162. The summed E-state index contributed by atoms with van der Waals surface area (Å²) in [5.41, 5.74) is 1.44. The highest BCUT2D eigenvalue weighted by atomic mass is 32.2. The molecule has 0 spiro atoms. The lowest BCUT2D eigenvalue weighted by Crippen LogP contribution is -2.50. The quantitative estimate of drug-likeness (QED) is 0.00876. The Morgan fingerprint density at radius 2 is 1.34 bits per heavy atom. The number of urea groups is 1. The molecule has 12 N–H and O–H groups in total. The van der Waals surface area contributed by atoms with Crippen LogP contribution in [0.25, 0.3) is 0 Å². The van der Waals surface area contributed by atoms with E-state index in [1.165, 1.54) is 47.5 Å². The number of esters is 2. The zero-order valence-electron chi connectivity index (χ0n) is 71.0. The summed E-state index contributed by atoms with van der Waals surface area (Å²) in [6.07, 6.45) is -0.126. The van der Waals surface area contributed by atoms with Crippen molar-refractivity contribution in [3.05, 3.63) is 81.8 Å². The molecule has 0 bridgehead atoms. The van der Waals surface area contributed by atoms with Crippen molar-refractivity contribution in [2.75, 3.05) is 57.5 Å². The number of aliphatic carboxylic acids is 5. The molecule has 0 radical (unpaired) electrons. The summed E-state index contributed by atoms with van der Waals surface area (Å²) in [6, 6.07) is 7.52. The molecular weight excluding hydrogens is 1670 g/mol. The number of thiazole rings is 1. The molecule has 0 aliphatic carbocycles. The number of carbonyl (C=O) groups excluding carboxylic acids is 13. The Morgan fingerprint density at radius 1 is 0.683 bits per heavy atom. The van der Waals surface area contributed by atoms with Gasteiger partial charge in [-0.25, -0.2) is 24.2 Å². The lowest BCUT2D eigenvalue weighted by atomic mass is 9.82. The van der Waals surface area contributed by atoms with Gasteiger partial charge in [-0.3, -0.25) is 72.0 Å². The van der Waals surface area contributed by atoms with Crippen LogP contribution in [0.4, 0.5) is 9.59 Å². The normalized spacial score (nSPS) is 15.4. The van der Waals surface area contributed by atoms with Crippen molar-refractivity contribution in [2.45, 2.75) is 225 Å². The van der Waals surface area contributed by atoms with Crippen molar-refractivity contribution in [3.63, 3.8) is 0 Å². The number of nitrogens with one attached hydrogen (secondary N) is 6. The topological polar surface area (TPSA) is 557 Å². The Bertz CT molecular complexity index is 4000. The molecule has 37 nitrogen and oxygen atoms in total. The van der Waals surface area contributed by atoms with Gasteiger partial charge in [0, 0.05) is 99.1 Å². The SMILES string of the molecule is CCCC(=O)OCN(C(=O)[C@@H](CC(=O)[C@H]1CCCCN1C)C(C)CC)[C@H](C[C@@H](OC(C)=O)c1nc(C(=O)N[C@@H](Cc2ccc(O)cc2)C[C@H](C)C(=O)CNC(=O)OCCSC)cs1)C(C)C.CSC[C@@H](CC(=O)[C@@H](Cc1ccccc1)NC(=O)[C@H](CC(=O)O)CC(=O)CC[C@H](NC(=O)CC[C@H](NC(=O)N[C@@H](CCC(=O)O)OC=O)C(=O)O)C(=O)O)C(=O)O. The van der Waals surface area contributed by atoms with Crippen LogP contribution in [0.1, 0.15) is 197 Å². The standard InChI is InChI=1S/C48H73N5O11S2.C35H46N4O17S/c1-10-14-44(58)63-29-53(47(60)37(31(5)11-2)25-41(56)39-15-12-13-20-52(39)8)40(30(3)4)26-43(64-33(7)54)46-51-38(28-66-46)45(59)50-35(24-34-16-18-36(55)19-17-34)23-32(6)42(57)27-49-48(61)62-21-22-65-9;1-57-17-21(32(49)50)15-26(42)25(13-19-5-3-2-4-6-19)37-31(48)20(16-30(46)47)14-22(41)7-8-23(33(51)52)36-27(43)10-9-24(34(53)54)38-35(55)39-28(56-18-40)11-12-29(44)45/h16-19,28,30-32,35,37,39-40,43,55H,10-15,20-27,29H2,1-9H3,(H,49,61)(H,50,59);2-6,18,20-21,23-25,28H,7-17H2,1H3,(H,36,43)(H,37,48)(H,44,45)(H,46,47)(H,49,50)(H,51,52)(H,53,54)(H2,38,39,55)/t31?,32-,35+,37-,39+,40+,43+;20-,21+,23-,24-,25+,28+/m00/s1. The second-order valence-electron chi connectivity index (χ2n) is 30.3. The van der Waals surface area contributed by atoms with Gasteiger partial charge in [0.05, 0.1) is 43.3 Å². The summed E-state index contributed by atoms with van der Waals surface area (Å²) in [5, 5.41) is 72.8. The fourth-order valence-electron chi connectivity index (χ4n) is 13.3. The first-order valence-electron chi connectivity index (χ1n) is 40.5. The third-order valence-electron chi connectivity index (χ3n) is 20.3. The Balaban J connectivity index is 0.000000643. The molecular formula is C83H119N9O28S3. The second-order valence-corrected chi connectivity index (χ2v) is 33.1. The summed E-state index contributed by atoms with van der Waals surface area (Å²) in [4.78, 5) is 234. The number of hydrogen-bond acceptors (Lipinski definition) is 28. The number of phenolic OH excluding ortho intramolecular Hbond substituents is 1. The maximum absolute atomic E-state index is 14.9. The lowest BCUT2D eigenvalue weighted by Gasteiger charge is -2.39. The summed E-state index contributed by atoms with van der Waals surface area (Å²) in [7, 11) is 1.94. The van der Waals surface area contributed by atoms with E-state index in [0.717, 1.165) is 42.7 Å². The molecule has 1 fully saturated rings. The van der Waals surface area contributed by atoms with E-state index in [-0.39, 0.29) is 117 Å². The van der Waals surface area contributed by atoms with Crippen LogP contribution < -0.4 is 31.9 Å². The van der Waals surface area contributed by atoms with E-state index in [1.54, 1.807) is 61.0 Å². The molecule has 1 aliphatic heterocycles. The van der Waals surface area contributed by atoms with Gasteiger partial charge >= 0.3 is 53.9 Å². The summed E-state index contributed by atoms with van der Waals surface area (Å²) < 4.78 is 21.2. The molecule has 3 aromatic rings. The van der Waals surface area contributed by atoms with E-state index in [1.807, 2.05) is 53.2 Å². The number of thioether (sulfide) groups is 2. The molecule has 123 heavy (non-hydrogen) atoms. The average Bonchev–Trinajstić information content (AvgIpc) is 1.35. The number of benzene rings is 2. The molecule has 7 amide bonds. The molecule has 682 valence electrons. The van der Waals surface area contributed by atoms with Crippen molar-refractivity contribution in [1.82, 2.24) is 46.7 Å². The van der Waals surface area contributed by atoms with E-state index in [9.17, 15) is 112 Å². The summed E-state index contributed by atoms with van der Waals surface area (Å²) >= 11 is 3.84. The minimum atomic E-state index is -1.72. The number of aromatic hydroxyl groups is 1. The highest BCUT2D eigenvalue weighted by molar-refractivity contribution is 7.98. The molecule has 2 aromatic carbocycles. The van der Waals surface area contributed by atoms with Crippen molar-refractivity contribution < 1.29 is 136 Å². The number of piperidine rings is 1. The van der Waals surface area contributed by atoms with Crippen LogP contribution in [0, 0.1) is 35.5 Å². The molecule has 0 saturated carbocycles. The Kier molecular flexibility index (Phi) is 49.3. The second kappa shape index (κ2) is 56.9. The number of ketones is 4. The number of likely N-dealkylation sites (tertiary alicyclic amines) is 1. The van der Waals surface area contributed by atoms with Gasteiger partial charge in [0.25, 0.3) is 12.4 Å². The van der Waals surface area contributed by atoms with Crippen molar-refractivity contribution in [3.8, 4) is 5.75 Å². The molecule has 4 rings (SSSR count). The fraction of sp³-hybridized carbons (Fsp3) is 0.602. The third-order valence-corrected chi connectivity index (χ3v) is 22.6. The molecule has 1 aliphatic rings. The van der Waals surface area contributed by atoms with Crippen LogP contribution in [-0.2, 0) is 104 Å². The van der Waals surface area contributed by atoms with Gasteiger partial charge < -0.3 is 86.4 Å². The number of nitrogens with zero attached hydrogens (tertiary/aromatic N) is 3. The number of Topliss-reactive ketones (excluding diaryl/α,β-unsaturated/α-hetero) is 4. The molecule has 1 unspecified atom stereocenters. The zero-order chi connectivity index (χ0) is 92.0. The van der Waals surface area contributed by atoms with Gasteiger partial charge in [-0.2, -0.15) is 23.5 Å². The van der Waals surface area contributed by atoms with Crippen molar-refractivity contribution in [2.24, 2.45) is 35.5 Å². The predicted molar refractivity (Wildman–Crippen MR) is 451 cm³/mol. The largest absolute Gasteiger partial charge is 0.508 e. The first kappa shape index (κ1) is 107. The van der Waals surface area contributed by atoms with E-state index in [0.29, 0.717) is 35.6 Å². The van der Waals surface area contributed by atoms with Crippen molar-refractivity contribution in [1.29, 1.82) is 0 Å². The van der Waals surface area contributed by atoms with E-state index in [2.05, 4.69) is 41.2 Å². The van der Waals surface area contributed by atoms with Crippen LogP contribution in [-0.4, -0.2) is 253 Å². The number of rotatable bonds is 58. The number of likely N-dealkylation sites (N-methyl/N-ethyl adjacent to an activating group) is 1. The number of aromatic nitrogens is 1.